The van der Waals surface area contributed by atoms with Crippen molar-refractivity contribution in [2.75, 3.05) is 12.4 Å². The SMILES string of the molecule is Cc1cc(NC2CC(=O)N(C)C2=O)ccc1[N+](=O)[O-]. The van der Waals surface area contributed by atoms with Crippen molar-refractivity contribution in [3.8, 4) is 0 Å². The second kappa shape index (κ2) is 4.68. The first-order chi connectivity index (χ1) is 8.90. The number of nitrogens with zero attached hydrogens (tertiary/aromatic N) is 2. The van der Waals surface area contributed by atoms with E-state index in [1.165, 1.54) is 19.2 Å². The Kier molecular flexibility index (Phi) is 3.20. The lowest BCUT2D eigenvalue weighted by Gasteiger charge is -2.12. The van der Waals surface area contributed by atoms with E-state index in [2.05, 4.69) is 5.32 Å². The minimum atomic E-state index is -0.599. The number of hydrogen-bond donors (Lipinski definition) is 1. The van der Waals surface area contributed by atoms with Crippen LogP contribution in [0.1, 0.15) is 12.0 Å². The molecule has 1 aliphatic heterocycles. The van der Waals surface area contributed by atoms with Gasteiger partial charge in [0.2, 0.25) is 5.91 Å². The number of nitrogens with one attached hydrogen (secondary N) is 1. The standard InChI is InChI=1S/C12H13N3O4/c1-7-5-8(3-4-10(7)15(18)19)13-9-6-11(16)14(2)12(9)17/h3-5,9,13H,6H2,1-2H3. The van der Waals surface area contributed by atoms with E-state index in [1.807, 2.05) is 0 Å². The van der Waals surface area contributed by atoms with Gasteiger partial charge in [0, 0.05) is 24.4 Å². The summed E-state index contributed by atoms with van der Waals surface area (Å²) in [5, 5.41) is 13.6. The quantitative estimate of drug-likeness (QED) is 0.500. The Balaban J connectivity index is 2.17. The van der Waals surface area contributed by atoms with Crippen molar-refractivity contribution in [3.63, 3.8) is 0 Å². The summed E-state index contributed by atoms with van der Waals surface area (Å²) in [4.78, 5) is 34.4. The molecular weight excluding hydrogens is 250 g/mol. The first kappa shape index (κ1) is 13.0. The number of carbonyl (C=O) groups excluding carboxylic acids is 2. The van der Waals surface area contributed by atoms with Crippen molar-refractivity contribution in [1.29, 1.82) is 0 Å². The topological polar surface area (TPSA) is 92.6 Å². The van der Waals surface area contributed by atoms with E-state index in [1.54, 1.807) is 13.0 Å². The summed E-state index contributed by atoms with van der Waals surface area (Å²) in [7, 11) is 1.44. The highest BCUT2D eigenvalue weighted by Gasteiger charge is 2.35. The molecule has 1 saturated heterocycles. The third-order valence-corrected chi connectivity index (χ3v) is 3.12. The smallest absolute Gasteiger partial charge is 0.272 e. The second-order valence-electron chi connectivity index (χ2n) is 4.45. The Morgan fingerprint density at radius 1 is 1.42 bits per heavy atom. The van der Waals surface area contributed by atoms with Gasteiger partial charge < -0.3 is 5.32 Å². The molecule has 0 aromatic heterocycles. The highest BCUT2D eigenvalue weighted by Crippen LogP contribution is 2.23. The zero-order chi connectivity index (χ0) is 14.2. The summed E-state index contributed by atoms with van der Waals surface area (Å²) in [5.74, 6) is -0.526. The van der Waals surface area contributed by atoms with Gasteiger partial charge in [-0.2, -0.15) is 0 Å². The van der Waals surface area contributed by atoms with Gasteiger partial charge in [0.15, 0.2) is 0 Å². The predicted molar refractivity (Wildman–Crippen MR) is 67.6 cm³/mol. The summed E-state index contributed by atoms with van der Waals surface area (Å²) in [6.07, 6.45) is 0.103. The average Bonchev–Trinajstić information content (AvgIpc) is 2.57. The van der Waals surface area contributed by atoms with Crippen LogP contribution in [0.15, 0.2) is 18.2 Å². The molecule has 2 amide bonds. The van der Waals surface area contributed by atoms with Crippen molar-refractivity contribution >= 4 is 23.2 Å². The Hall–Kier alpha value is -2.44. The predicted octanol–water partition coefficient (Wildman–Crippen LogP) is 1.07. The largest absolute Gasteiger partial charge is 0.373 e. The summed E-state index contributed by atoms with van der Waals surface area (Å²) in [6.45, 7) is 1.62. The van der Waals surface area contributed by atoms with Gasteiger partial charge in [-0.05, 0) is 19.1 Å². The Morgan fingerprint density at radius 3 is 2.58 bits per heavy atom. The Bertz CT molecular complexity index is 570. The van der Waals surface area contributed by atoms with E-state index in [4.69, 9.17) is 0 Å². The van der Waals surface area contributed by atoms with Crippen LogP contribution in [0.2, 0.25) is 0 Å². The maximum Gasteiger partial charge on any atom is 0.272 e. The zero-order valence-electron chi connectivity index (χ0n) is 10.5. The Morgan fingerprint density at radius 2 is 2.11 bits per heavy atom. The van der Waals surface area contributed by atoms with E-state index < -0.39 is 11.0 Å². The van der Waals surface area contributed by atoms with E-state index >= 15 is 0 Å². The molecule has 1 atom stereocenters. The number of nitro groups is 1. The van der Waals surface area contributed by atoms with Crippen LogP contribution < -0.4 is 5.32 Å². The van der Waals surface area contributed by atoms with E-state index in [0.717, 1.165) is 4.90 Å². The fourth-order valence-corrected chi connectivity index (χ4v) is 2.02. The third kappa shape index (κ3) is 2.40. The van der Waals surface area contributed by atoms with Crippen LogP contribution in [-0.2, 0) is 9.59 Å². The number of nitro benzene ring substituents is 1. The maximum absolute atomic E-state index is 11.7. The number of hydrogen-bond acceptors (Lipinski definition) is 5. The average molecular weight is 263 g/mol. The van der Waals surface area contributed by atoms with Crippen molar-refractivity contribution in [2.45, 2.75) is 19.4 Å². The highest BCUT2D eigenvalue weighted by molar-refractivity contribution is 6.06. The number of benzene rings is 1. The number of rotatable bonds is 3. The van der Waals surface area contributed by atoms with Gasteiger partial charge in [0.05, 0.1) is 11.3 Å². The van der Waals surface area contributed by atoms with Crippen LogP contribution in [0.25, 0.3) is 0 Å². The zero-order valence-corrected chi connectivity index (χ0v) is 10.5. The maximum atomic E-state index is 11.7. The van der Waals surface area contributed by atoms with Crippen LogP contribution >= 0.6 is 0 Å². The molecule has 0 bridgehead atoms. The molecule has 1 heterocycles. The monoisotopic (exact) mass is 263 g/mol. The molecule has 1 aromatic carbocycles. The lowest BCUT2D eigenvalue weighted by molar-refractivity contribution is -0.385. The molecule has 1 fully saturated rings. The van der Waals surface area contributed by atoms with Gasteiger partial charge in [-0.3, -0.25) is 24.6 Å². The molecule has 7 heteroatoms. The van der Waals surface area contributed by atoms with E-state index in [-0.39, 0.29) is 23.9 Å². The van der Waals surface area contributed by atoms with Crippen LogP contribution in [0.5, 0.6) is 0 Å². The van der Waals surface area contributed by atoms with Crippen molar-refractivity contribution in [2.24, 2.45) is 0 Å². The molecule has 0 radical (unpaired) electrons. The molecule has 19 heavy (non-hydrogen) atoms. The molecule has 1 aromatic rings. The summed E-state index contributed by atoms with van der Waals surface area (Å²) in [6, 6.07) is 3.90. The highest BCUT2D eigenvalue weighted by atomic mass is 16.6. The molecule has 1 unspecified atom stereocenters. The molecule has 1 aliphatic rings. The second-order valence-corrected chi connectivity index (χ2v) is 4.45. The summed E-state index contributed by atoms with van der Waals surface area (Å²) in [5.41, 5.74) is 1.11. The van der Waals surface area contributed by atoms with Crippen LogP contribution in [-0.4, -0.2) is 34.7 Å². The number of anilines is 1. The van der Waals surface area contributed by atoms with Crippen LogP contribution in [0.4, 0.5) is 11.4 Å². The first-order valence-electron chi connectivity index (χ1n) is 5.72. The molecule has 7 nitrogen and oxygen atoms in total. The molecule has 0 aliphatic carbocycles. The van der Waals surface area contributed by atoms with Gasteiger partial charge in [-0.1, -0.05) is 0 Å². The van der Waals surface area contributed by atoms with Crippen molar-refractivity contribution in [3.05, 3.63) is 33.9 Å². The number of imide groups is 1. The number of likely N-dealkylation sites (N-methyl/N-ethyl adjacent to an activating group) is 1. The van der Waals surface area contributed by atoms with Crippen molar-refractivity contribution in [1.82, 2.24) is 4.90 Å². The van der Waals surface area contributed by atoms with E-state index in [9.17, 15) is 19.7 Å². The Labute approximate surface area is 109 Å². The van der Waals surface area contributed by atoms with Gasteiger partial charge in [0.25, 0.3) is 11.6 Å². The first-order valence-corrected chi connectivity index (χ1v) is 5.72. The molecule has 100 valence electrons. The fourth-order valence-electron chi connectivity index (χ4n) is 2.02. The summed E-state index contributed by atoms with van der Waals surface area (Å²) < 4.78 is 0. The van der Waals surface area contributed by atoms with Crippen molar-refractivity contribution < 1.29 is 14.5 Å². The summed E-state index contributed by atoms with van der Waals surface area (Å²) >= 11 is 0. The fraction of sp³-hybridized carbons (Fsp3) is 0.333. The normalized spacial score (nSPS) is 18.8. The molecule has 0 spiro atoms. The molecule has 2 rings (SSSR count). The number of carbonyl (C=O) groups is 2. The lowest BCUT2D eigenvalue weighted by atomic mass is 10.1. The lowest BCUT2D eigenvalue weighted by Crippen LogP contribution is -2.31. The number of aryl methyl sites for hydroxylation is 1. The minimum absolute atomic E-state index is 0.0245. The minimum Gasteiger partial charge on any atom is -0.373 e. The van der Waals surface area contributed by atoms with Gasteiger partial charge in [0.1, 0.15) is 6.04 Å². The number of amides is 2. The van der Waals surface area contributed by atoms with Gasteiger partial charge in [-0.15, -0.1) is 0 Å². The molecule has 0 saturated carbocycles. The number of likely N-dealkylation sites (tertiary alicyclic amines) is 1. The van der Waals surface area contributed by atoms with Gasteiger partial charge in [-0.25, -0.2) is 0 Å². The van der Waals surface area contributed by atoms with Crippen LogP contribution in [0.3, 0.4) is 0 Å². The molecule has 1 N–H and O–H groups in total. The van der Waals surface area contributed by atoms with Gasteiger partial charge >= 0.3 is 0 Å². The third-order valence-electron chi connectivity index (χ3n) is 3.12. The van der Waals surface area contributed by atoms with Crippen LogP contribution in [0, 0.1) is 17.0 Å². The molecular formula is C12H13N3O4. The van der Waals surface area contributed by atoms with E-state index in [0.29, 0.717) is 11.3 Å².